The number of pyridine rings is 1. The van der Waals surface area contributed by atoms with Crippen molar-refractivity contribution in [2.75, 3.05) is 19.6 Å². The Kier molecular flexibility index (Phi) is 3.49. The Bertz CT molecular complexity index is 445. The molecule has 0 atom stereocenters. The first-order valence-electron chi connectivity index (χ1n) is 3.79. The summed E-state index contributed by atoms with van der Waals surface area (Å²) in [6.45, 7) is 0. The van der Waals surface area contributed by atoms with Crippen LogP contribution in [0.5, 0.6) is 5.75 Å². The zero-order valence-electron chi connectivity index (χ0n) is 8.15. The molecule has 14 heavy (non-hydrogen) atoms. The summed E-state index contributed by atoms with van der Waals surface area (Å²) < 4.78 is 21.0. The van der Waals surface area contributed by atoms with Crippen LogP contribution in [0.1, 0.15) is 0 Å². The molecular weight excluding hydrogens is 268 g/mol. The van der Waals surface area contributed by atoms with Crippen molar-refractivity contribution < 1.29 is 8.95 Å². The molecule has 0 radical (unpaired) electrons. The second kappa shape index (κ2) is 4.27. The van der Waals surface area contributed by atoms with Crippen LogP contribution < -0.4 is 4.74 Å². The highest BCUT2D eigenvalue weighted by Gasteiger charge is 2.01. The van der Waals surface area contributed by atoms with E-state index in [2.05, 4.69) is 25.3 Å². The third-order valence-corrected chi connectivity index (χ3v) is 2.34. The van der Waals surface area contributed by atoms with Gasteiger partial charge in [0.05, 0.1) is 7.11 Å². The minimum absolute atomic E-state index is 0.409. The van der Waals surface area contributed by atoms with Crippen LogP contribution in [-0.2, 0) is 9.73 Å². The zero-order valence-corrected chi connectivity index (χ0v) is 10.6. The molecule has 0 saturated carbocycles. The number of hydrogen-bond donors (Lipinski definition) is 0. The van der Waals surface area contributed by atoms with Crippen LogP contribution in [0.2, 0.25) is 0 Å². The number of methoxy groups -OCH3 is 1. The number of halogens is 1. The fourth-order valence-electron chi connectivity index (χ4n) is 0.850. The van der Waals surface area contributed by atoms with Gasteiger partial charge in [-0.1, -0.05) is 0 Å². The highest BCUT2D eigenvalue weighted by atomic mass is 79.9. The molecule has 0 aromatic carbocycles. The minimum Gasteiger partial charge on any atom is -0.497 e. The highest BCUT2D eigenvalue weighted by molar-refractivity contribution is 9.10. The van der Waals surface area contributed by atoms with Crippen molar-refractivity contribution >= 4 is 31.5 Å². The summed E-state index contributed by atoms with van der Waals surface area (Å²) in [6.07, 6.45) is 3.12. The van der Waals surface area contributed by atoms with Gasteiger partial charge in [0.25, 0.3) is 0 Å². The van der Waals surface area contributed by atoms with E-state index in [0.717, 1.165) is 0 Å². The first kappa shape index (κ1) is 11.5. The average molecular weight is 279 g/mol. The van der Waals surface area contributed by atoms with Gasteiger partial charge in [0.2, 0.25) is 0 Å². The quantitative estimate of drug-likeness (QED) is 0.780. The third-order valence-electron chi connectivity index (χ3n) is 1.30. The van der Waals surface area contributed by atoms with E-state index in [0.29, 0.717) is 16.2 Å². The van der Waals surface area contributed by atoms with Crippen LogP contribution in [-0.4, -0.2) is 28.8 Å². The predicted octanol–water partition coefficient (Wildman–Crippen LogP) is 2.21. The summed E-state index contributed by atoms with van der Waals surface area (Å²) in [5.74, 6) is 1.04. The van der Waals surface area contributed by atoms with Crippen LogP contribution in [0.4, 0.5) is 5.82 Å². The summed E-state index contributed by atoms with van der Waals surface area (Å²) in [6, 6.07) is 3.35. The number of aromatic nitrogens is 1. The van der Waals surface area contributed by atoms with Crippen molar-refractivity contribution in [1.29, 1.82) is 0 Å². The molecule has 1 heterocycles. The van der Waals surface area contributed by atoms with E-state index in [1.807, 2.05) is 0 Å². The van der Waals surface area contributed by atoms with E-state index >= 15 is 0 Å². The highest BCUT2D eigenvalue weighted by Crippen LogP contribution is 2.23. The van der Waals surface area contributed by atoms with Gasteiger partial charge >= 0.3 is 0 Å². The molecule has 0 N–H and O–H groups in total. The van der Waals surface area contributed by atoms with Gasteiger partial charge in [-0.25, -0.2) is 9.19 Å². The molecular formula is C8H11BrN2O2S. The Morgan fingerprint density at radius 3 is 2.64 bits per heavy atom. The van der Waals surface area contributed by atoms with Crippen molar-refractivity contribution in [3.63, 3.8) is 0 Å². The molecule has 0 bridgehead atoms. The van der Waals surface area contributed by atoms with Crippen LogP contribution in [0.3, 0.4) is 0 Å². The van der Waals surface area contributed by atoms with E-state index in [4.69, 9.17) is 4.74 Å². The Morgan fingerprint density at radius 1 is 1.50 bits per heavy atom. The summed E-state index contributed by atoms with van der Waals surface area (Å²) in [5, 5.41) is 0. The van der Waals surface area contributed by atoms with Gasteiger partial charge in [-0.3, -0.25) is 0 Å². The standard InChI is InChI=1S/C8H11BrN2O2S/c1-13-6-4-7(9)10-8(5-6)11-14(2,3)12/h4-5H,1-3H3. The average Bonchev–Trinajstić information content (AvgIpc) is 1.99. The van der Waals surface area contributed by atoms with Crippen molar-refractivity contribution in [2.45, 2.75) is 0 Å². The van der Waals surface area contributed by atoms with E-state index < -0.39 is 9.73 Å². The first-order valence-corrected chi connectivity index (χ1v) is 6.92. The lowest BCUT2D eigenvalue weighted by Crippen LogP contribution is -1.91. The lowest BCUT2D eigenvalue weighted by molar-refractivity contribution is 0.414. The largest absolute Gasteiger partial charge is 0.497 e. The monoisotopic (exact) mass is 278 g/mol. The zero-order chi connectivity index (χ0) is 10.8. The van der Waals surface area contributed by atoms with Crippen molar-refractivity contribution in [1.82, 2.24) is 4.98 Å². The van der Waals surface area contributed by atoms with E-state index in [-0.39, 0.29) is 0 Å². The molecule has 1 rings (SSSR count). The number of hydrogen-bond acceptors (Lipinski definition) is 4. The SMILES string of the molecule is COc1cc(Br)nc(N=S(C)(C)=O)c1. The molecule has 0 fully saturated rings. The first-order chi connectivity index (χ1) is 6.40. The smallest absolute Gasteiger partial charge is 0.166 e. The van der Waals surface area contributed by atoms with Crippen molar-refractivity contribution in [2.24, 2.45) is 4.36 Å². The fourth-order valence-corrected chi connectivity index (χ4v) is 1.80. The molecule has 78 valence electrons. The van der Waals surface area contributed by atoms with Crippen LogP contribution >= 0.6 is 15.9 Å². The number of nitrogens with zero attached hydrogens (tertiary/aromatic N) is 2. The van der Waals surface area contributed by atoms with Crippen molar-refractivity contribution in [3.05, 3.63) is 16.7 Å². The molecule has 0 spiro atoms. The van der Waals surface area contributed by atoms with E-state index in [1.165, 1.54) is 0 Å². The molecule has 0 saturated heterocycles. The summed E-state index contributed by atoms with van der Waals surface area (Å²) >= 11 is 3.22. The second-order valence-corrected chi connectivity index (χ2v) is 6.32. The minimum atomic E-state index is -2.18. The Morgan fingerprint density at radius 2 is 2.14 bits per heavy atom. The maximum Gasteiger partial charge on any atom is 0.166 e. The third kappa shape index (κ3) is 3.63. The molecule has 0 unspecified atom stereocenters. The Balaban J connectivity index is 3.24. The lowest BCUT2D eigenvalue weighted by Gasteiger charge is -2.02. The molecule has 4 nitrogen and oxygen atoms in total. The molecule has 0 amide bonds. The van der Waals surface area contributed by atoms with E-state index in [9.17, 15) is 4.21 Å². The van der Waals surface area contributed by atoms with Crippen LogP contribution in [0.15, 0.2) is 21.1 Å². The van der Waals surface area contributed by atoms with Crippen LogP contribution in [0.25, 0.3) is 0 Å². The molecule has 0 aliphatic carbocycles. The normalized spacial score (nSPS) is 11.1. The van der Waals surface area contributed by atoms with Gasteiger partial charge in [0, 0.05) is 34.4 Å². The van der Waals surface area contributed by atoms with Crippen molar-refractivity contribution in [3.8, 4) is 5.75 Å². The maximum absolute atomic E-state index is 11.4. The van der Waals surface area contributed by atoms with Gasteiger partial charge in [-0.05, 0) is 15.9 Å². The molecule has 1 aromatic heterocycles. The fraction of sp³-hybridized carbons (Fsp3) is 0.375. The van der Waals surface area contributed by atoms with Gasteiger partial charge in [0.15, 0.2) is 5.82 Å². The molecule has 1 aromatic rings. The molecule has 6 heteroatoms. The maximum atomic E-state index is 11.4. The Hall–Kier alpha value is -0.620. The van der Waals surface area contributed by atoms with Gasteiger partial charge in [0.1, 0.15) is 10.4 Å². The number of rotatable bonds is 2. The summed E-state index contributed by atoms with van der Waals surface area (Å²) in [5.41, 5.74) is 0. The summed E-state index contributed by atoms with van der Waals surface area (Å²) in [4.78, 5) is 4.06. The van der Waals surface area contributed by atoms with E-state index in [1.54, 1.807) is 31.8 Å². The summed E-state index contributed by atoms with van der Waals surface area (Å²) in [7, 11) is -0.627. The molecule has 0 aliphatic heterocycles. The van der Waals surface area contributed by atoms with Gasteiger partial charge in [-0.15, -0.1) is 0 Å². The number of ether oxygens (including phenoxy) is 1. The van der Waals surface area contributed by atoms with Gasteiger partial charge in [-0.2, -0.15) is 4.36 Å². The van der Waals surface area contributed by atoms with Gasteiger partial charge < -0.3 is 4.74 Å². The topological polar surface area (TPSA) is 51.6 Å². The predicted molar refractivity (Wildman–Crippen MR) is 60.6 cm³/mol. The Labute approximate surface area is 92.0 Å². The second-order valence-electron chi connectivity index (χ2n) is 2.96. The lowest BCUT2D eigenvalue weighted by atomic mass is 10.4. The molecule has 0 aliphatic rings. The van der Waals surface area contributed by atoms with Crippen LogP contribution in [0, 0.1) is 0 Å².